The standard InChI is InChI=1S/C19H31FN4O2.HI/c1-15(26-17-8-6-5-7-16(17)20)13-22-18(21-2)23-14-19(24(3)4)9-11-25-12-10-19;/h5-8,15H,9-14H2,1-4H3,(H2,21,22,23);1H. The zero-order valence-corrected chi connectivity index (χ0v) is 19.0. The third-order valence-corrected chi connectivity index (χ3v) is 4.90. The molecule has 1 fully saturated rings. The van der Waals surface area contributed by atoms with Crippen LogP contribution >= 0.6 is 24.0 Å². The van der Waals surface area contributed by atoms with E-state index in [0.717, 1.165) is 32.6 Å². The summed E-state index contributed by atoms with van der Waals surface area (Å²) in [4.78, 5) is 6.54. The molecule has 1 aliphatic heterocycles. The highest BCUT2D eigenvalue weighted by Gasteiger charge is 2.34. The monoisotopic (exact) mass is 494 g/mol. The molecule has 1 aliphatic rings. The second-order valence-corrected chi connectivity index (χ2v) is 6.90. The molecule has 6 nitrogen and oxygen atoms in total. The highest BCUT2D eigenvalue weighted by atomic mass is 127. The van der Waals surface area contributed by atoms with Crippen LogP contribution in [0.25, 0.3) is 0 Å². The van der Waals surface area contributed by atoms with Crippen molar-refractivity contribution in [2.45, 2.75) is 31.4 Å². The van der Waals surface area contributed by atoms with E-state index in [-0.39, 0.29) is 47.2 Å². The van der Waals surface area contributed by atoms with Gasteiger partial charge in [0.25, 0.3) is 0 Å². The van der Waals surface area contributed by atoms with E-state index in [1.807, 2.05) is 6.92 Å². The van der Waals surface area contributed by atoms with Crippen molar-refractivity contribution in [3.8, 4) is 5.75 Å². The van der Waals surface area contributed by atoms with E-state index >= 15 is 0 Å². The van der Waals surface area contributed by atoms with Gasteiger partial charge in [-0.15, -0.1) is 24.0 Å². The lowest BCUT2D eigenvalue weighted by Gasteiger charge is -2.43. The summed E-state index contributed by atoms with van der Waals surface area (Å²) in [6.45, 7) is 4.75. The Balaban J connectivity index is 0.00000364. The molecular weight excluding hydrogens is 462 g/mol. The first-order valence-corrected chi connectivity index (χ1v) is 9.08. The number of halogens is 2. The summed E-state index contributed by atoms with van der Waals surface area (Å²) < 4.78 is 24.8. The van der Waals surface area contributed by atoms with Crippen molar-refractivity contribution in [2.75, 3.05) is 47.4 Å². The van der Waals surface area contributed by atoms with Gasteiger partial charge in [-0.05, 0) is 46.0 Å². The Hall–Kier alpha value is -1.13. The average Bonchev–Trinajstić information content (AvgIpc) is 2.64. The van der Waals surface area contributed by atoms with Crippen molar-refractivity contribution >= 4 is 29.9 Å². The number of rotatable bonds is 7. The van der Waals surface area contributed by atoms with E-state index in [1.54, 1.807) is 25.2 Å². The van der Waals surface area contributed by atoms with E-state index < -0.39 is 0 Å². The predicted octanol–water partition coefficient (Wildman–Crippen LogP) is 2.49. The van der Waals surface area contributed by atoms with Gasteiger partial charge >= 0.3 is 0 Å². The summed E-state index contributed by atoms with van der Waals surface area (Å²) in [6.07, 6.45) is 1.77. The summed E-state index contributed by atoms with van der Waals surface area (Å²) in [5.74, 6) is 0.620. The molecule has 1 atom stereocenters. The second-order valence-electron chi connectivity index (χ2n) is 6.90. The maximum absolute atomic E-state index is 13.7. The highest BCUT2D eigenvalue weighted by molar-refractivity contribution is 14.0. The summed E-state index contributed by atoms with van der Waals surface area (Å²) in [5.41, 5.74) is 0.0607. The third kappa shape index (κ3) is 7.08. The molecule has 0 bridgehead atoms. The lowest BCUT2D eigenvalue weighted by Crippen LogP contribution is -2.57. The first-order valence-electron chi connectivity index (χ1n) is 9.08. The van der Waals surface area contributed by atoms with E-state index in [4.69, 9.17) is 9.47 Å². The van der Waals surface area contributed by atoms with Crippen LogP contribution in [0.1, 0.15) is 19.8 Å². The largest absolute Gasteiger partial charge is 0.486 e. The zero-order chi connectivity index (χ0) is 19.0. The summed E-state index contributed by atoms with van der Waals surface area (Å²) in [5, 5.41) is 6.65. The molecule has 0 spiro atoms. The summed E-state index contributed by atoms with van der Waals surface area (Å²) in [6, 6.07) is 6.43. The molecule has 0 aromatic heterocycles. The minimum atomic E-state index is -0.353. The van der Waals surface area contributed by atoms with Crippen LogP contribution in [0.2, 0.25) is 0 Å². The van der Waals surface area contributed by atoms with E-state index in [9.17, 15) is 4.39 Å². The van der Waals surface area contributed by atoms with Crippen LogP contribution in [-0.2, 0) is 4.74 Å². The molecular formula is C19H32FIN4O2. The van der Waals surface area contributed by atoms with Gasteiger partial charge in [0.05, 0.1) is 6.54 Å². The van der Waals surface area contributed by atoms with Gasteiger partial charge in [0.15, 0.2) is 17.5 Å². The molecule has 0 saturated carbocycles. The molecule has 1 unspecified atom stereocenters. The van der Waals surface area contributed by atoms with Gasteiger partial charge in [-0.3, -0.25) is 4.99 Å². The number of guanidine groups is 1. The number of hydrogen-bond acceptors (Lipinski definition) is 4. The Labute approximate surface area is 178 Å². The first-order chi connectivity index (χ1) is 12.5. The number of nitrogens with one attached hydrogen (secondary N) is 2. The Morgan fingerprint density at radius 2 is 1.96 bits per heavy atom. The molecule has 1 aromatic carbocycles. The van der Waals surface area contributed by atoms with Crippen molar-refractivity contribution in [1.29, 1.82) is 0 Å². The van der Waals surface area contributed by atoms with Crippen LogP contribution in [0, 0.1) is 5.82 Å². The second kappa shape index (κ2) is 11.7. The topological polar surface area (TPSA) is 58.1 Å². The molecule has 2 rings (SSSR count). The number of para-hydroxylation sites is 1. The molecule has 1 saturated heterocycles. The van der Waals surface area contributed by atoms with E-state index in [1.165, 1.54) is 6.07 Å². The molecule has 8 heteroatoms. The fraction of sp³-hybridized carbons (Fsp3) is 0.632. The highest BCUT2D eigenvalue weighted by Crippen LogP contribution is 2.25. The Morgan fingerprint density at radius 3 is 2.56 bits per heavy atom. The van der Waals surface area contributed by atoms with Crippen molar-refractivity contribution in [3.63, 3.8) is 0 Å². The molecule has 154 valence electrons. The average molecular weight is 494 g/mol. The maximum atomic E-state index is 13.7. The van der Waals surface area contributed by atoms with Crippen LogP contribution in [-0.4, -0.2) is 69.9 Å². The fourth-order valence-electron chi connectivity index (χ4n) is 3.04. The first kappa shape index (κ1) is 23.9. The van der Waals surface area contributed by atoms with Gasteiger partial charge < -0.3 is 25.0 Å². The predicted molar refractivity (Wildman–Crippen MR) is 118 cm³/mol. The minimum Gasteiger partial charge on any atom is -0.486 e. The fourth-order valence-corrected chi connectivity index (χ4v) is 3.04. The number of aliphatic imine (C=N–C) groups is 1. The molecule has 1 aromatic rings. The summed E-state index contributed by atoms with van der Waals surface area (Å²) >= 11 is 0. The number of benzene rings is 1. The van der Waals surface area contributed by atoms with Gasteiger partial charge in [0.1, 0.15) is 6.10 Å². The van der Waals surface area contributed by atoms with Gasteiger partial charge in [-0.1, -0.05) is 12.1 Å². The Morgan fingerprint density at radius 1 is 1.30 bits per heavy atom. The molecule has 27 heavy (non-hydrogen) atoms. The van der Waals surface area contributed by atoms with Gasteiger partial charge in [0, 0.05) is 32.3 Å². The number of ether oxygens (including phenoxy) is 2. The van der Waals surface area contributed by atoms with E-state index in [0.29, 0.717) is 12.5 Å². The van der Waals surface area contributed by atoms with Crippen LogP contribution < -0.4 is 15.4 Å². The zero-order valence-electron chi connectivity index (χ0n) is 16.6. The smallest absolute Gasteiger partial charge is 0.191 e. The van der Waals surface area contributed by atoms with Crippen LogP contribution in [0.4, 0.5) is 4.39 Å². The lowest BCUT2D eigenvalue weighted by atomic mass is 9.88. The minimum absolute atomic E-state index is 0. The van der Waals surface area contributed by atoms with Crippen molar-refractivity contribution in [3.05, 3.63) is 30.1 Å². The molecule has 0 aliphatic carbocycles. The van der Waals surface area contributed by atoms with Crippen molar-refractivity contribution < 1.29 is 13.9 Å². The van der Waals surface area contributed by atoms with Crippen LogP contribution in [0.5, 0.6) is 5.75 Å². The van der Waals surface area contributed by atoms with Gasteiger partial charge in [-0.2, -0.15) is 0 Å². The van der Waals surface area contributed by atoms with Gasteiger partial charge in [-0.25, -0.2) is 4.39 Å². The molecule has 0 amide bonds. The van der Waals surface area contributed by atoms with Gasteiger partial charge in [0.2, 0.25) is 0 Å². The molecule has 2 N–H and O–H groups in total. The van der Waals surface area contributed by atoms with Crippen LogP contribution in [0.15, 0.2) is 29.3 Å². The van der Waals surface area contributed by atoms with Crippen LogP contribution in [0.3, 0.4) is 0 Å². The Kier molecular flexibility index (Phi) is 10.3. The normalized spacial score (nSPS) is 17.8. The van der Waals surface area contributed by atoms with Crippen molar-refractivity contribution in [2.24, 2.45) is 4.99 Å². The number of likely N-dealkylation sites (N-methyl/N-ethyl adjacent to an activating group) is 1. The Bertz CT molecular complexity index is 595. The maximum Gasteiger partial charge on any atom is 0.191 e. The molecule has 0 radical (unpaired) electrons. The number of nitrogens with zero attached hydrogens (tertiary/aromatic N) is 2. The molecule has 1 heterocycles. The third-order valence-electron chi connectivity index (χ3n) is 4.90. The lowest BCUT2D eigenvalue weighted by molar-refractivity contribution is -0.00502. The SMILES string of the molecule is CN=C(NCC(C)Oc1ccccc1F)NCC1(N(C)C)CCOCC1.I. The van der Waals surface area contributed by atoms with Crippen molar-refractivity contribution in [1.82, 2.24) is 15.5 Å². The summed E-state index contributed by atoms with van der Waals surface area (Å²) in [7, 11) is 5.95. The van der Waals surface area contributed by atoms with E-state index in [2.05, 4.69) is 34.6 Å². The number of hydrogen-bond donors (Lipinski definition) is 2. The quantitative estimate of drug-likeness (QED) is 0.347.